The van der Waals surface area contributed by atoms with E-state index in [9.17, 15) is 8.42 Å². The van der Waals surface area contributed by atoms with Crippen molar-refractivity contribution in [2.45, 2.75) is 17.7 Å². The Hall–Kier alpha value is -2.09. The lowest BCUT2D eigenvalue weighted by Crippen LogP contribution is -2.36. The van der Waals surface area contributed by atoms with E-state index in [2.05, 4.69) is 33.9 Å². The molecule has 1 aliphatic heterocycles. The van der Waals surface area contributed by atoms with Gasteiger partial charge < -0.3 is 14.4 Å². The normalized spacial score (nSPS) is 14.9. The van der Waals surface area contributed by atoms with Gasteiger partial charge in [0.2, 0.25) is 10.0 Å². The van der Waals surface area contributed by atoms with Crippen LogP contribution in [0.3, 0.4) is 0 Å². The molecule has 0 spiro atoms. The summed E-state index contributed by atoms with van der Waals surface area (Å²) in [5.74, 6) is 0.634. The number of anilines is 1. The number of ether oxygens (including phenoxy) is 2. The largest absolute Gasteiger partial charge is 0.497 e. The number of nitrogens with one attached hydrogen (secondary N) is 1. The predicted octanol–water partition coefficient (Wildman–Crippen LogP) is 2.44. The molecule has 146 valence electrons. The molecule has 1 aliphatic rings. The summed E-state index contributed by atoms with van der Waals surface area (Å²) in [6, 6.07) is 14.9. The van der Waals surface area contributed by atoms with Crippen LogP contribution in [0.25, 0.3) is 0 Å². The number of rotatable bonds is 8. The Kier molecular flexibility index (Phi) is 6.71. The lowest BCUT2D eigenvalue weighted by molar-refractivity contribution is 0.122. The molecular weight excluding hydrogens is 364 g/mol. The Morgan fingerprint density at radius 1 is 1.04 bits per heavy atom. The standard InChI is InChI=1S/C20H26N2O4S/c1-25-19-8-10-20(11-9-19)27(23,24)21-12-2-3-17-4-6-18(7-5-17)22-13-15-26-16-14-22/h4-11,21H,2-3,12-16H2,1H3. The summed E-state index contributed by atoms with van der Waals surface area (Å²) in [6.07, 6.45) is 1.57. The van der Waals surface area contributed by atoms with Gasteiger partial charge in [0.05, 0.1) is 25.2 Å². The fourth-order valence-corrected chi connectivity index (χ4v) is 4.11. The topological polar surface area (TPSA) is 67.9 Å². The summed E-state index contributed by atoms with van der Waals surface area (Å²) in [4.78, 5) is 2.56. The second-order valence-electron chi connectivity index (χ2n) is 6.44. The second kappa shape index (κ2) is 9.21. The molecule has 0 radical (unpaired) electrons. The van der Waals surface area contributed by atoms with Crippen LogP contribution in [0.15, 0.2) is 53.4 Å². The quantitative estimate of drug-likeness (QED) is 0.701. The van der Waals surface area contributed by atoms with Gasteiger partial charge in [0.15, 0.2) is 0 Å². The van der Waals surface area contributed by atoms with E-state index in [1.807, 2.05) is 0 Å². The Labute approximate surface area is 161 Å². The fraction of sp³-hybridized carbons (Fsp3) is 0.400. The summed E-state index contributed by atoms with van der Waals surface area (Å²) in [6.45, 7) is 3.80. The number of morpholine rings is 1. The highest BCUT2D eigenvalue weighted by atomic mass is 32.2. The highest BCUT2D eigenvalue weighted by molar-refractivity contribution is 7.89. The fourth-order valence-electron chi connectivity index (χ4n) is 3.03. The van der Waals surface area contributed by atoms with Gasteiger partial charge in [0.25, 0.3) is 0 Å². The van der Waals surface area contributed by atoms with Gasteiger partial charge in [0, 0.05) is 25.3 Å². The maximum atomic E-state index is 12.3. The van der Waals surface area contributed by atoms with Crippen molar-refractivity contribution in [3.8, 4) is 5.75 Å². The molecule has 0 unspecified atom stereocenters. The minimum absolute atomic E-state index is 0.248. The van der Waals surface area contributed by atoms with Crippen LogP contribution in [0, 0.1) is 0 Å². The molecule has 1 heterocycles. The molecule has 27 heavy (non-hydrogen) atoms. The number of methoxy groups -OCH3 is 1. The van der Waals surface area contributed by atoms with E-state index in [4.69, 9.17) is 9.47 Å². The third kappa shape index (κ3) is 5.45. The Morgan fingerprint density at radius 3 is 2.33 bits per heavy atom. The smallest absolute Gasteiger partial charge is 0.240 e. The predicted molar refractivity (Wildman–Crippen MR) is 106 cm³/mol. The number of sulfonamides is 1. The van der Waals surface area contributed by atoms with E-state index in [1.165, 1.54) is 11.3 Å². The number of nitrogens with zero attached hydrogens (tertiary/aromatic N) is 1. The first-order valence-corrected chi connectivity index (χ1v) is 10.6. The van der Waals surface area contributed by atoms with Crippen LogP contribution < -0.4 is 14.4 Å². The Balaban J connectivity index is 1.46. The lowest BCUT2D eigenvalue weighted by Gasteiger charge is -2.28. The van der Waals surface area contributed by atoms with Gasteiger partial charge in [-0.25, -0.2) is 13.1 Å². The molecule has 2 aromatic carbocycles. The first-order valence-electron chi connectivity index (χ1n) is 9.14. The van der Waals surface area contributed by atoms with Crippen LogP contribution in [-0.4, -0.2) is 48.4 Å². The monoisotopic (exact) mass is 390 g/mol. The van der Waals surface area contributed by atoms with Gasteiger partial charge in [0.1, 0.15) is 5.75 Å². The lowest BCUT2D eigenvalue weighted by atomic mass is 10.1. The average Bonchev–Trinajstić information content (AvgIpc) is 2.72. The maximum absolute atomic E-state index is 12.3. The molecule has 7 heteroatoms. The van der Waals surface area contributed by atoms with Gasteiger partial charge in [-0.1, -0.05) is 12.1 Å². The zero-order valence-corrected chi connectivity index (χ0v) is 16.4. The zero-order valence-electron chi connectivity index (χ0n) is 15.6. The highest BCUT2D eigenvalue weighted by Gasteiger charge is 2.13. The van der Waals surface area contributed by atoms with Gasteiger partial charge in [-0.15, -0.1) is 0 Å². The first kappa shape index (κ1) is 19.7. The Bertz CT molecular complexity index is 814. The second-order valence-corrected chi connectivity index (χ2v) is 8.21. The van der Waals surface area contributed by atoms with Gasteiger partial charge >= 0.3 is 0 Å². The zero-order chi connectivity index (χ0) is 19.1. The van der Waals surface area contributed by atoms with Crippen LogP contribution in [-0.2, 0) is 21.2 Å². The molecule has 1 saturated heterocycles. The van der Waals surface area contributed by atoms with Crippen molar-refractivity contribution in [1.82, 2.24) is 4.72 Å². The molecule has 1 fully saturated rings. The van der Waals surface area contributed by atoms with Crippen molar-refractivity contribution in [3.05, 3.63) is 54.1 Å². The minimum Gasteiger partial charge on any atom is -0.497 e. The molecule has 0 atom stereocenters. The minimum atomic E-state index is -3.48. The SMILES string of the molecule is COc1ccc(S(=O)(=O)NCCCc2ccc(N3CCOCC3)cc2)cc1. The van der Waals surface area contributed by atoms with E-state index >= 15 is 0 Å². The molecule has 0 bridgehead atoms. The van der Waals surface area contributed by atoms with Gasteiger partial charge in [-0.2, -0.15) is 0 Å². The molecule has 1 N–H and O–H groups in total. The summed E-state index contributed by atoms with van der Waals surface area (Å²) in [7, 11) is -1.93. The number of aryl methyl sites for hydroxylation is 1. The van der Waals surface area contributed by atoms with Crippen molar-refractivity contribution in [2.24, 2.45) is 0 Å². The van der Waals surface area contributed by atoms with Gasteiger partial charge in [-0.3, -0.25) is 0 Å². The van der Waals surface area contributed by atoms with Crippen molar-refractivity contribution in [2.75, 3.05) is 44.9 Å². The van der Waals surface area contributed by atoms with Crippen LogP contribution in [0.4, 0.5) is 5.69 Å². The Morgan fingerprint density at radius 2 is 1.70 bits per heavy atom. The van der Waals surface area contributed by atoms with Crippen molar-refractivity contribution in [1.29, 1.82) is 0 Å². The summed E-state index contributed by atoms with van der Waals surface area (Å²) in [5.41, 5.74) is 2.41. The summed E-state index contributed by atoms with van der Waals surface area (Å²) in [5, 5.41) is 0. The number of benzene rings is 2. The van der Waals surface area contributed by atoms with E-state index in [-0.39, 0.29) is 4.90 Å². The van der Waals surface area contributed by atoms with Crippen LogP contribution in [0.5, 0.6) is 5.75 Å². The molecule has 0 aliphatic carbocycles. The molecular formula is C20H26N2O4S. The molecule has 0 amide bonds. The first-order chi connectivity index (χ1) is 13.1. The van der Waals surface area contributed by atoms with E-state index in [1.54, 1.807) is 31.4 Å². The highest BCUT2D eigenvalue weighted by Crippen LogP contribution is 2.18. The number of hydrogen-bond acceptors (Lipinski definition) is 5. The van der Waals surface area contributed by atoms with E-state index in [0.29, 0.717) is 12.3 Å². The van der Waals surface area contributed by atoms with Crippen molar-refractivity contribution in [3.63, 3.8) is 0 Å². The van der Waals surface area contributed by atoms with Gasteiger partial charge in [-0.05, 0) is 54.8 Å². The summed E-state index contributed by atoms with van der Waals surface area (Å²) < 4.78 is 37.7. The van der Waals surface area contributed by atoms with Crippen molar-refractivity contribution >= 4 is 15.7 Å². The third-order valence-electron chi connectivity index (χ3n) is 4.62. The van der Waals surface area contributed by atoms with Crippen molar-refractivity contribution < 1.29 is 17.9 Å². The molecule has 6 nitrogen and oxygen atoms in total. The van der Waals surface area contributed by atoms with Crippen LogP contribution in [0.2, 0.25) is 0 Å². The van der Waals surface area contributed by atoms with Crippen LogP contribution in [0.1, 0.15) is 12.0 Å². The third-order valence-corrected chi connectivity index (χ3v) is 6.09. The average molecular weight is 391 g/mol. The van der Waals surface area contributed by atoms with Crippen LogP contribution >= 0.6 is 0 Å². The molecule has 0 aromatic heterocycles. The molecule has 3 rings (SSSR count). The number of hydrogen-bond donors (Lipinski definition) is 1. The van der Waals surface area contributed by atoms with E-state index in [0.717, 1.165) is 39.1 Å². The van der Waals surface area contributed by atoms with E-state index < -0.39 is 10.0 Å². The maximum Gasteiger partial charge on any atom is 0.240 e. The molecule has 2 aromatic rings. The summed E-state index contributed by atoms with van der Waals surface area (Å²) >= 11 is 0. The molecule has 0 saturated carbocycles.